The van der Waals surface area contributed by atoms with Crippen molar-refractivity contribution in [1.29, 1.82) is 0 Å². The van der Waals surface area contributed by atoms with Crippen LogP contribution in [0.5, 0.6) is 0 Å². The third-order valence-corrected chi connectivity index (χ3v) is 3.40. The van der Waals surface area contributed by atoms with Crippen LogP contribution in [0.2, 0.25) is 0 Å². The second-order valence-electron chi connectivity index (χ2n) is 5.19. The standard InChI is InChI=1S/C14H15Cl3N2O2/c1-14(2,3)19(13(21)10(15)11(16)17)18-12(20)9-7-5-4-6-8-9/h4-8H,1-3H3,(H,18,20). The smallest absolute Gasteiger partial charge is 0.267 e. The van der Waals surface area contributed by atoms with E-state index in [2.05, 4.69) is 5.43 Å². The number of halogens is 3. The Bertz CT molecular complexity index is 561. The number of carbonyl (C=O) groups excluding carboxylic acids is 2. The molecule has 21 heavy (non-hydrogen) atoms. The topological polar surface area (TPSA) is 49.4 Å². The summed E-state index contributed by atoms with van der Waals surface area (Å²) in [6, 6.07) is 8.50. The van der Waals surface area contributed by atoms with Crippen molar-refractivity contribution in [2.45, 2.75) is 26.3 Å². The van der Waals surface area contributed by atoms with Crippen LogP contribution >= 0.6 is 34.8 Å². The van der Waals surface area contributed by atoms with Crippen LogP contribution in [0, 0.1) is 0 Å². The number of hydrazine groups is 1. The van der Waals surface area contributed by atoms with Crippen molar-refractivity contribution in [2.24, 2.45) is 0 Å². The monoisotopic (exact) mass is 348 g/mol. The van der Waals surface area contributed by atoms with Crippen LogP contribution in [-0.4, -0.2) is 22.4 Å². The van der Waals surface area contributed by atoms with Crippen molar-refractivity contribution in [3.05, 3.63) is 45.4 Å². The van der Waals surface area contributed by atoms with E-state index in [1.54, 1.807) is 51.1 Å². The van der Waals surface area contributed by atoms with Gasteiger partial charge in [-0.3, -0.25) is 15.0 Å². The summed E-state index contributed by atoms with van der Waals surface area (Å²) in [6.07, 6.45) is 0. The molecule has 0 aliphatic heterocycles. The normalized spacial score (nSPS) is 10.8. The van der Waals surface area contributed by atoms with Crippen molar-refractivity contribution in [3.63, 3.8) is 0 Å². The van der Waals surface area contributed by atoms with Crippen LogP contribution in [0.3, 0.4) is 0 Å². The summed E-state index contributed by atoms with van der Waals surface area (Å²) >= 11 is 16.8. The van der Waals surface area contributed by atoms with E-state index in [1.807, 2.05) is 0 Å². The molecule has 0 heterocycles. The Morgan fingerprint density at radius 2 is 1.57 bits per heavy atom. The van der Waals surface area contributed by atoms with E-state index >= 15 is 0 Å². The van der Waals surface area contributed by atoms with Gasteiger partial charge in [-0.15, -0.1) is 0 Å². The molecule has 4 nitrogen and oxygen atoms in total. The van der Waals surface area contributed by atoms with Gasteiger partial charge in [-0.05, 0) is 32.9 Å². The highest BCUT2D eigenvalue weighted by atomic mass is 35.5. The Kier molecular flexibility index (Phi) is 6.08. The van der Waals surface area contributed by atoms with Crippen LogP contribution < -0.4 is 5.43 Å². The van der Waals surface area contributed by atoms with Crippen LogP contribution in [0.4, 0.5) is 0 Å². The quantitative estimate of drug-likeness (QED) is 0.651. The minimum absolute atomic E-state index is 0.357. The Balaban J connectivity index is 3.04. The van der Waals surface area contributed by atoms with Crippen molar-refractivity contribution in [2.75, 3.05) is 0 Å². The summed E-state index contributed by atoms with van der Waals surface area (Å²) in [7, 11) is 0. The SMILES string of the molecule is CC(C)(C)N(NC(=O)c1ccccc1)C(=O)C(Cl)=C(Cl)Cl. The van der Waals surface area contributed by atoms with Crippen LogP contribution in [0.15, 0.2) is 39.9 Å². The lowest BCUT2D eigenvalue weighted by molar-refractivity contribution is -0.134. The van der Waals surface area contributed by atoms with E-state index < -0.39 is 17.4 Å². The fraction of sp³-hybridized carbons (Fsp3) is 0.286. The zero-order valence-electron chi connectivity index (χ0n) is 11.8. The summed E-state index contributed by atoms with van der Waals surface area (Å²) < 4.78 is -0.357. The highest BCUT2D eigenvalue weighted by Crippen LogP contribution is 2.23. The molecule has 1 rings (SSSR count). The largest absolute Gasteiger partial charge is 0.286 e. The van der Waals surface area contributed by atoms with Crippen molar-refractivity contribution < 1.29 is 9.59 Å². The van der Waals surface area contributed by atoms with E-state index in [4.69, 9.17) is 34.8 Å². The summed E-state index contributed by atoms with van der Waals surface area (Å²) in [5.41, 5.74) is 2.21. The van der Waals surface area contributed by atoms with Crippen LogP contribution in [-0.2, 0) is 4.79 Å². The number of benzene rings is 1. The summed E-state index contributed by atoms with van der Waals surface area (Å²) in [5, 5.41) is 0.733. The lowest BCUT2D eigenvalue weighted by Crippen LogP contribution is -2.56. The zero-order valence-corrected chi connectivity index (χ0v) is 14.1. The minimum Gasteiger partial charge on any atom is -0.267 e. The van der Waals surface area contributed by atoms with Gasteiger partial charge in [0.05, 0.1) is 5.54 Å². The molecule has 0 aliphatic rings. The number of nitrogens with one attached hydrogen (secondary N) is 1. The molecule has 0 atom stereocenters. The summed E-state index contributed by atoms with van der Waals surface area (Å²) in [5.74, 6) is -1.12. The number of rotatable bonds is 2. The summed E-state index contributed by atoms with van der Waals surface area (Å²) in [4.78, 5) is 24.4. The predicted octanol–water partition coefficient (Wildman–Crippen LogP) is 3.84. The molecule has 0 unspecified atom stereocenters. The lowest BCUT2D eigenvalue weighted by atomic mass is 10.1. The number of hydrogen-bond donors (Lipinski definition) is 1. The van der Waals surface area contributed by atoms with Crippen molar-refractivity contribution in [1.82, 2.24) is 10.4 Å². The highest BCUT2D eigenvalue weighted by molar-refractivity contribution is 6.62. The number of hydrogen-bond acceptors (Lipinski definition) is 2. The first-order valence-electron chi connectivity index (χ1n) is 6.06. The van der Waals surface area contributed by atoms with Crippen LogP contribution in [0.25, 0.3) is 0 Å². The van der Waals surface area contributed by atoms with Gasteiger partial charge in [-0.1, -0.05) is 53.0 Å². The van der Waals surface area contributed by atoms with Gasteiger partial charge in [0.25, 0.3) is 11.8 Å². The highest BCUT2D eigenvalue weighted by Gasteiger charge is 2.31. The molecule has 1 N–H and O–H groups in total. The Morgan fingerprint density at radius 1 is 1.05 bits per heavy atom. The van der Waals surface area contributed by atoms with Gasteiger partial charge in [0.2, 0.25) is 0 Å². The molecule has 0 aliphatic carbocycles. The van der Waals surface area contributed by atoms with Crippen molar-refractivity contribution in [3.8, 4) is 0 Å². The molecule has 0 aromatic heterocycles. The number of carbonyl (C=O) groups is 2. The fourth-order valence-corrected chi connectivity index (χ4v) is 1.70. The summed E-state index contributed by atoms with van der Waals surface area (Å²) in [6.45, 7) is 5.22. The Labute approximate surface area is 138 Å². The molecule has 0 saturated heterocycles. The third-order valence-electron chi connectivity index (χ3n) is 2.48. The predicted molar refractivity (Wildman–Crippen MR) is 85.1 cm³/mol. The molecular weight excluding hydrogens is 335 g/mol. The molecule has 7 heteroatoms. The maximum atomic E-state index is 12.3. The van der Waals surface area contributed by atoms with Gasteiger partial charge >= 0.3 is 0 Å². The van der Waals surface area contributed by atoms with E-state index in [0.717, 1.165) is 5.01 Å². The van der Waals surface area contributed by atoms with E-state index in [1.165, 1.54) is 0 Å². The molecule has 0 bridgehead atoms. The van der Waals surface area contributed by atoms with Crippen molar-refractivity contribution >= 4 is 46.6 Å². The van der Waals surface area contributed by atoms with Gasteiger partial charge in [0.1, 0.15) is 9.52 Å². The molecule has 0 fully saturated rings. The van der Waals surface area contributed by atoms with E-state index in [-0.39, 0.29) is 9.52 Å². The maximum absolute atomic E-state index is 12.3. The second-order valence-corrected chi connectivity index (χ2v) is 6.52. The first kappa shape index (κ1) is 17.8. The fourth-order valence-electron chi connectivity index (χ4n) is 1.46. The Morgan fingerprint density at radius 3 is 2.00 bits per heavy atom. The molecule has 2 amide bonds. The molecule has 0 spiro atoms. The number of amides is 2. The van der Waals surface area contributed by atoms with Crippen LogP contribution in [0.1, 0.15) is 31.1 Å². The third kappa shape index (κ3) is 4.92. The lowest BCUT2D eigenvalue weighted by Gasteiger charge is -2.35. The van der Waals surface area contributed by atoms with E-state index in [9.17, 15) is 9.59 Å². The molecule has 0 saturated carbocycles. The van der Waals surface area contributed by atoms with Gasteiger partial charge in [0, 0.05) is 5.56 Å². The average molecular weight is 350 g/mol. The Hall–Kier alpha value is -1.23. The first-order valence-corrected chi connectivity index (χ1v) is 7.19. The first-order chi connectivity index (χ1) is 9.64. The van der Waals surface area contributed by atoms with Gasteiger partial charge in [0.15, 0.2) is 0 Å². The molecule has 1 aromatic carbocycles. The molecular formula is C14H15Cl3N2O2. The molecule has 0 radical (unpaired) electrons. The second kappa shape index (κ2) is 7.16. The van der Waals surface area contributed by atoms with Gasteiger partial charge in [-0.2, -0.15) is 0 Å². The molecule has 1 aromatic rings. The van der Waals surface area contributed by atoms with Gasteiger partial charge < -0.3 is 0 Å². The maximum Gasteiger partial charge on any atom is 0.286 e. The van der Waals surface area contributed by atoms with E-state index in [0.29, 0.717) is 5.56 Å². The zero-order chi connectivity index (χ0) is 16.2. The molecule has 114 valence electrons. The minimum atomic E-state index is -0.717. The number of nitrogens with zero attached hydrogens (tertiary/aromatic N) is 1. The van der Waals surface area contributed by atoms with Gasteiger partial charge in [-0.25, -0.2) is 5.01 Å². The average Bonchev–Trinajstić information content (AvgIpc) is 2.42.